The molecular weight excluding hydrogens is 258 g/mol. The number of anilines is 2. The van der Waals surface area contributed by atoms with Crippen molar-refractivity contribution in [1.82, 2.24) is 24.9 Å². The van der Waals surface area contributed by atoms with E-state index in [0.717, 1.165) is 18.7 Å². The van der Waals surface area contributed by atoms with Gasteiger partial charge in [0.05, 0.1) is 18.8 Å². The minimum Gasteiger partial charge on any atom is -0.378 e. The molecule has 0 spiro atoms. The maximum absolute atomic E-state index is 5.34. The van der Waals surface area contributed by atoms with Crippen molar-refractivity contribution in [2.75, 3.05) is 43.6 Å². The molecule has 0 atom stereocenters. The maximum atomic E-state index is 5.34. The Hall–Kier alpha value is -2.35. The summed E-state index contributed by atoms with van der Waals surface area (Å²) in [4.78, 5) is 23.3. The zero-order valence-electron chi connectivity index (χ0n) is 11.2. The predicted octanol–water partition coefficient (Wildman–Crippen LogP) is 0.207. The molecule has 0 bridgehead atoms. The summed E-state index contributed by atoms with van der Waals surface area (Å²) in [5.74, 6) is 1.73. The lowest BCUT2D eigenvalue weighted by atomic mass is 10.3. The van der Waals surface area contributed by atoms with Crippen molar-refractivity contribution in [2.24, 2.45) is 0 Å². The van der Waals surface area contributed by atoms with E-state index in [0.29, 0.717) is 30.9 Å². The molecule has 0 saturated carbocycles. The van der Waals surface area contributed by atoms with Crippen LogP contribution in [0.15, 0.2) is 18.7 Å². The highest BCUT2D eigenvalue weighted by atomic mass is 16.5. The number of morpholine rings is 1. The van der Waals surface area contributed by atoms with Crippen molar-refractivity contribution in [2.45, 2.75) is 0 Å². The minimum absolute atomic E-state index is 0.528. The molecule has 1 N–H and O–H groups in total. The molecule has 1 aliphatic rings. The number of rotatable bonds is 3. The van der Waals surface area contributed by atoms with Gasteiger partial charge in [0.1, 0.15) is 6.33 Å². The van der Waals surface area contributed by atoms with Crippen molar-refractivity contribution < 1.29 is 4.74 Å². The molecular formula is C12H15N7O. The van der Waals surface area contributed by atoms with Crippen molar-refractivity contribution in [1.29, 1.82) is 0 Å². The van der Waals surface area contributed by atoms with Crippen LogP contribution in [-0.2, 0) is 4.74 Å². The number of nitrogens with zero attached hydrogens (tertiary/aromatic N) is 6. The van der Waals surface area contributed by atoms with E-state index in [1.165, 1.54) is 6.33 Å². The average Bonchev–Trinajstić information content (AvgIpc) is 2.56. The van der Waals surface area contributed by atoms with E-state index in [-0.39, 0.29) is 0 Å². The smallest absolute Gasteiger partial charge is 0.230 e. The van der Waals surface area contributed by atoms with Gasteiger partial charge in [0, 0.05) is 32.5 Å². The van der Waals surface area contributed by atoms with Crippen LogP contribution >= 0.6 is 0 Å². The molecule has 20 heavy (non-hydrogen) atoms. The van der Waals surface area contributed by atoms with Crippen LogP contribution in [0.5, 0.6) is 0 Å². The van der Waals surface area contributed by atoms with Crippen LogP contribution in [0.25, 0.3) is 11.4 Å². The summed E-state index contributed by atoms with van der Waals surface area (Å²) in [7, 11) is 1.78. The largest absolute Gasteiger partial charge is 0.378 e. The standard InChI is InChI=1S/C12H15N7O/c1-13-11-16-10(9-6-14-8-15-7-9)17-12(18-11)19-2-4-20-5-3-19/h6-8H,2-5H2,1H3,(H,13,16,17,18). The fourth-order valence-electron chi connectivity index (χ4n) is 1.92. The Labute approximate surface area is 116 Å². The number of hydrogen-bond acceptors (Lipinski definition) is 8. The zero-order chi connectivity index (χ0) is 13.8. The topological polar surface area (TPSA) is 89.0 Å². The van der Waals surface area contributed by atoms with Gasteiger partial charge >= 0.3 is 0 Å². The number of hydrogen-bond donors (Lipinski definition) is 1. The summed E-state index contributed by atoms with van der Waals surface area (Å²) >= 11 is 0. The molecule has 104 valence electrons. The van der Waals surface area contributed by atoms with Crippen molar-refractivity contribution in [3.05, 3.63) is 18.7 Å². The average molecular weight is 273 g/mol. The van der Waals surface area contributed by atoms with Crippen LogP contribution in [0.4, 0.5) is 11.9 Å². The van der Waals surface area contributed by atoms with Crippen molar-refractivity contribution in [3.63, 3.8) is 0 Å². The van der Waals surface area contributed by atoms with E-state index in [1.807, 2.05) is 0 Å². The first-order valence-electron chi connectivity index (χ1n) is 6.39. The number of nitrogens with one attached hydrogen (secondary N) is 1. The normalized spacial score (nSPS) is 15.2. The van der Waals surface area contributed by atoms with Crippen LogP contribution in [0.1, 0.15) is 0 Å². The second-order valence-corrected chi connectivity index (χ2v) is 4.26. The van der Waals surface area contributed by atoms with Gasteiger partial charge in [-0.15, -0.1) is 0 Å². The second-order valence-electron chi connectivity index (χ2n) is 4.26. The maximum Gasteiger partial charge on any atom is 0.230 e. The Morgan fingerprint density at radius 1 is 1.10 bits per heavy atom. The number of ether oxygens (including phenoxy) is 1. The molecule has 8 nitrogen and oxygen atoms in total. The molecule has 1 aliphatic heterocycles. The van der Waals surface area contributed by atoms with E-state index >= 15 is 0 Å². The lowest BCUT2D eigenvalue weighted by Crippen LogP contribution is -2.37. The van der Waals surface area contributed by atoms with Gasteiger partial charge in [-0.2, -0.15) is 15.0 Å². The molecule has 0 unspecified atom stereocenters. The van der Waals surface area contributed by atoms with Gasteiger partial charge in [-0.25, -0.2) is 9.97 Å². The van der Waals surface area contributed by atoms with E-state index in [2.05, 4.69) is 35.1 Å². The van der Waals surface area contributed by atoms with Gasteiger partial charge < -0.3 is 15.0 Å². The highest BCUT2D eigenvalue weighted by Gasteiger charge is 2.16. The molecule has 2 aromatic heterocycles. The fraction of sp³-hybridized carbons (Fsp3) is 0.417. The Kier molecular flexibility index (Phi) is 3.64. The summed E-state index contributed by atoms with van der Waals surface area (Å²) in [6.07, 6.45) is 4.85. The first-order chi connectivity index (χ1) is 9.86. The van der Waals surface area contributed by atoms with Crippen LogP contribution in [0, 0.1) is 0 Å². The highest BCUT2D eigenvalue weighted by molar-refractivity contribution is 5.56. The third kappa shape index (κ3) is 2.64. The Balaban J connectivity index is 1.98. The van der Waals surface area contributed by atoms with E-state index in [1.54, 1.807) is 19.4 Å². The molecule has 0 radical (unpaired) electrons. The van der Waals surface area contributed by atoms with Gasteiger partial charge in [0.25, 0.3) is 0 Å². The minimum atomic E-state index is 0.528. The van der Waals surface area contributed by atoms with Gasteiger partial charge in [0.15, 0.2) is 5.82 Å². The Morgan fingerprint density at radius 3 is 2.55 bits per heavy atom. The van der Waals surface area contributed by atoms with E-state index in [4.69, 9.17) is 4.74 Å². The second kappa shape index (κ2) is 5.74. The first kappa shape index (κ1) is 12.7. The zero-order valence-corrected chi connectivity index (χ0v) is 11.2. The van der Waals surface area contributed by atoms with Gasteiger partial charge in [-0.3, -0.25) is 0 Å². The Bertz CT molecular complexity index is 571. The molecule has 2 aromatic rings. The lowest BCUT2D eigenvalue weighted by molar-refractivity contribution is 0.122. The quantitative estimate of drug-likeness (QED) is 0.848. The van der Waals surface area contributed by atoms with E-state index in [9.17, 15) is 0 Å². The fourth-order valence-corrected chi connectivity index (χ4v) is 1.92. The van der Waals surface area contributed by atoms with Gasteiger partial charge in [-0.1, -0.05) is 0 Å². The van der Waals surface area contributed by atoms with Gasteiger partial charge in [-0.05, 0) is 0 Å². The summed E-state index contributed by atoms with van der Waals surface area (Å²) in [6, 6.07) is 0. The molecule has 1 saturated heterocycles. The Morgan fingerprint density at radius 2 is 1.85 bits per heavy atom. The van der Waals surface area contributed by atoms with Crippen LogP contribution in [-0.4, -0.2) is 58.3 Å². The highest BCUT2D eigenvalue weighted by Crippen LogP contribution is 2.18. The van der Waals surface area contributed by atoms with Crippen LogP contribution in [0.3, 0.4) is 0 Å². The van der Waals surface area contributed by atoms with E-state index < -0.39 is 0 Å². The monoisotopic (exact) mass is 273 g/mol. The predicted molar refractivity (Wildman–Crippen MR) is 73.4 cm³/mol. The molecule has 0 amide bonds. The molecule has 3 rings (SSSR count). The summed E-state index contributed by atoms with van der Waals surface area (Å²) in [5.41, 5.74) is 0.765. The lowest BCUT2D eigenvalue weighted by Gasteiger charge is -2.27. The molecule has 0 aliphatic carbocycles. The van der Waals surface area contributed by atoms with Crippen LogP contribution in [0.2, 0.25) is 0 Å². The van der Waals surface area contributed by atoms with Crippen molar-refractivity contribution in [3.8, 4) is 11.4 Å². The third-order valence-electron chi connectivity index (χ3n) is 2.96. The molecule has 1 fully saturated rings. The summed E-state index contributed by atoms with van der Waals surface area (Å²) in [6.45, 7) is 2.92. The number of aromatic nitrogens is 5. The van der Waals surface area contributed by atoms with Gasteiger partial charge in [0.2, 0.25) is 11.9 Å². The summed E-state index contributed by atoms with van der Waals surface area (Å²) in [5, 5.41) is 2.96. The third-order valence-corrected chi connectivity index (χ3v) is 2.96. The summed E-state index contributed by atoms with van der Waals surface area (Å²) < 4.78 is 5.34. The molecule has 0 aromatic carbocycles. The van der Waals surface area contributed by atoms with Crippen LogP contribution < -0.4 is 10.2 Å². The SMILES string of the molecule is CNc1nc(-c2cncnc2)nc(N2CCOCC2)n1. The first-order valence-corrected chi connectivity index (χ1v) is 6.39. The molecule has 8 heteroatoms. The molecule has 3 heterocycles. The van der Waals surface area contributed by atoms with Crippen molar-refractivity contribution >= 4 is 11.9 Å².